The van der Waals surface area contributed by atoms with E-state index in [2.05, 4.69) is 52.5 Å². The second kappa shape index (κ2) is 9.96. The second-order valence-electron chi connectivity index (χ2n) is 8.34. The van der Waals surface area contributed by atoms with Crippen LogP contribution in [0.1, 0.15) is 49.1 Å². The number of aromatic nitrogens is 4. The van der Waals surface area contributed by atoms with E-state index in [0.29, 0.717) is 11.0 Å². The predicted molar refractivity (Wildman–Crippen MR) is 128 cm³/mol. The number of hydrogen-bond donors (Lipinski definition) is 1. The molecule has 2 heterocycles. The highest BCUT2D eigenvalue weighted by Crippen LogP contribution is 2.28. The van der Waals surface area contributed by atoms with Crippen molar-refractivity contribution in [3.63, 3.8) is 0 Å². The first-order chi connectivity index (χ1) is 15.0. The number of nitrogens with one attached hydrogen (secondary N) is 1. The van der Waals surface area contributed by atoms with Crippen LogP contribution in [-0.2, 0) is 18.3 Å². The van der Waals surface area contributed by atoms with Gasteiger partial charge in [-0.3, -0.25) is 4.79 Å². The average Bonchev–Trinajstić information content (AvgIpc) is 3.36. The molecule has 1 aromatic carbocycles. The monoisotopic (exact) mass is 455 g/mol. The SMILES string of the molecule is Cc1ccc(-c2csc(NC(=O)CSc3nnc(CC4CCCCC4)n3C)n2)cc1C. The Morgan fingerprint density at radius 1 is 1.19 bits per heavy atom. The van der Waals surface area contributed by atoms with Gasteiger partial charge in [-0.05, 0) is 37.0 Å². The van der Waals surface area contributed by atoms with Crippen LogP contribution in [0.4, 0.5) is 5.13 Å². The van der Waals surface area contributed by atoms with Crippen molar-refractivity contribution in [1.82, 2.24) is 19.7 Å². The molecule has 1 saturated carbocycles. The third-order valence-electron chi connectivity index (χ3n) is 6.01. The lowest BCUT2D eigenvalue weighted by Gasteiger charge is -2.20. The molecule has 1 N–H and O–H groups in total. The molecule has 2 aromatic heterocycles. The van der Waals surface area contributed by atoms with Crippen molar-refractivity contribution in [3.05, 3.63) is 40.5 Å². The lowest BCUT2D eigenvalue weighted by molar-refractivity contribution is -0.113. The van der Waals surface area contributed by atoms with Gasteiger partial charge in [0.2, 0.25) is 5.91 Å². The van der Waals surface area contributed by atoms with Gasteiger partial charge in [-0.15, -0.1) is 21.5 Å². The normalized spacial score (nSPS) is 14.7. The van der Waals surface area contributed by atoms with Crippen LogP contribution in [-0.4, -0.2) is 31.4 Å². The molecule has 8 heteroatoms. The van der Waals surface area contributed by atoms with E-state index in [1.807, 2.05) is 17.0 Å². The van der Waals surface area contributed by atoms with Crippen molar-refractivity contribution in [2.75, 3.05) is 11.1 Å². The molecule has 6 nitrogen and oxygen atoms in total. The van der Waals surface area contributed by atoms with Gasteiger partial charge in [0.25, 0.3) is 0 Å². The Kier molecular flexibility index (Phi) is 7.07. The molecular weight excluding hydrogens is 426 g/mol. The molecule has 0 atom stereocenters. The van der Waals surface area contributed by atoms with E-state index in [1.54, 1.807) is 0 Å². The van der Waals surface area contributed by atoms with E-state index >= 15 is 0 Å². The molecule has 0 bridgehead atoms. The fourth-order valence-electron chi connectivity index (χ4n) is 3.95. The van der Waals surface area contributed by atoms with Gasteiger partial charge in [-0.2, -0.15) is 0 Å². The largest absolute Gasteiger partial charge is 0.309 e. The quantitative estimate of drug-likeness (QED) is 0.482. The lowest BCUT2D eigenvalue weighted by atomic mass is 9.87. The molecule has 164 valence electrons. The minimum atomic E-state index is -0.0807. The molecule has 1 aliphatic carbocycles. The van der Waals surface area contributed by atoms with Gasteiger partial charge in [0.1, 0.15) is 5.82 Å². The average molecular weight is 456 g/mol. The highest BCUT2D eigenvalue weighted by atomic mass is 32.2. The van der Waals surface area contributed by atoms with Crippen molar-refractivity contribution in [2.45, 2.75) is 57.5 Å². The Bertz CT molecular complexity index is 1050. The minimum Gasteiger partial charge on any atom is -0.309 e. The number of carbonyl (C=O) groups excluding carboxylic acids is 1. The number of thiazole rings is 1. The number of hydrogen-bond acceptors (Lipinski definition) is 6. The van der Waals surface area contributed by atoms with Crippen molar-refractivity contribution in [2.24, 2.45) is 13.0 Å². The van der Waals surface area contributed by atoms with Gasteiger partial charge in [0.05, 0.1) is 11.4 Å². The summed E-state index contributed by atoms with van der Waals surface area (Å²) in [6.45, 7) is 4.19. The number of nitrogens with zero attached hydrogens (tertiary/aromatic N) is 4. The molecule has 0 radical (unpaired) electrons. The first-order valence-electron chi connectivity index (χ1n) is 10.8. The van der Waals surface area contributed by atoms with Gasteiger partial charge in [-0.1, -0.05) is 56.0 Å². The molecule has 1 fully saturated rings. The molecule has 0 unspecified atom stereocenters. The maximum Gasteiger partial charge on any atom is 0.236 e. The predicted octanol–water partition coefficient (Wildman–Crippen LogP) is 5.41. The van der Waals surface area contributed by atoms with Crippen molar-refractivity contribution < 1.29 is 4.79 Å². The van der Waals surface area contributed by atoms with Crippen LogP contribution in [0.3, 0.4) is 0 Å². The summed E-state index contributed by atoms with van der Waals surface area (Å²) in [6, 6.07) is 6.30. The Balaban J connectivity index is 1.30. The summed E-state index contributed by atoms with van der Waals surface area (Å²) in [5, 5.41) is 15.0. The summed E-state index contributed by atoms with van der Waals surface area (Å²) >= 11 is 2.86. The lowest BCUT2D eigenvalue weighted by Crippen LogP contribution is -2.15. The van der Waals surface area contributed by atoms with E-state index in [1.165, 1.54) is 66.3 Å². The topological polar surface area (TPSA) is 72.7 Å². The molecule has 1 amide bonds. The van der Waals surface area contributed by atoms with Crippen LogP contribution in [0, 0.1) is 19.8 Å². The number of benzene rings is 1. The fourth-order valence-corrected chi connectivity index (χ4v) is 5.41. The zero-order valence-corrected chi connectivity index (χ0v) is 20.0. The third-order valence-corrected chi connectivity index (χ3v) is 7.78. The third kappa shape index (κ3) is 5.54. The summed E-state index contributed by atoms with van der Waals surface area (Å²) in [4.78, 5) is 17.0. The first kappa shape index (κ1) is 22.0. The summed E-state index contributed by atoms with van der Waals surface area (Å²) in [5.74, 6) is 1.94. The van der Waals surface area contributed by atoms with E-state index in [4.69, 9.17) is 0 Å². The summed E-state index contributed by atoms with van der Waals surface area (Å²) in [5.41, 5.74) is 4.45. The van der Waals surface area contributed by atoms with Gasteiger partial charge in [0, 0.05) is 24.4 Å². The van der Waals surface area contributed by atoms with E-state index in [9.17, 15) is 4.79 Å². The molecule has 3 aromatic rings. The Morgan fingerprint density at radius 2 is 2.00 bits per heavy atom. The summed E-state index contributed by atoms with van der Waals surface area (Å²) in [7, 11) is 2.00. The van der Waals surface area contributed by atoms with Crippen LogP contribution in [0.2, 0.25) is 0 Å². The number of anilines is 1. The Hall–Kier alpha value is -2.19. The standard InChI is InChI=1S/C23H29N5OS2/c1-15-9-10-18(11-16(15)2)19-13-30-22(24-19)25-21(29)14-31-23-27-26-20(28(23)3)12-17-7-5-4-6-8-17/h9-11,13,17H,4-8,12,14H2,1-3H3,(H,24,25,29). The van der Waals surface area contributed by atoms with Gasteiger partial charge in [-0.25, -0.2) is 4.98 Å². The smallest absolute Gasteiger partial charge is 0.236 e. The van der Waals surface area contributed by atoms with Crippen molar-refractivity contribution >= 4 is 34.1 Å². The summed E-state index contributed by atoms with van der Waals surface area (Å²) < 4.78 is 2.04. The van der Waals surface area contributed by atoms with Crippen LogP contribution in [0.15, 0.2) is 28.7 Å². The number of rotatable bonds is 7. The summed E-state index contributed by atoms with van der Waals surface area (Å²) in [6.07, 6.45) is 7.57. The Morgan fingerprint density at radius 3 is 2.77 bits per heavy atom. The fraction of sp³-hybridized carbons (Fsp3) is 0.478. The second-order valence-corrected chi connectivity index (χ2v) is 10.1. The first-order valence-corrected chi connectivity index (χ1v) is 12.7. The molecular formula is C23H29N5OS2. The number of amides is 1. The van der Waals surface area contributed by atoms with Gasteiger partial charge in [0.15, 0.2) is 10.3 Å². The highest BCUT2D eigenvalue weighted by molar-refractivity contribution is 7.99. The molecule has 0 spiro atoms. The minimum absolute atomic E-state index is 0.0807. The molecule has 1 aliphatic rings. The number of thioether (sulfide) groups is 1. The highest BCUT2D eigenvalue weighted by Gasteiger charge is 2.19. The molecule has 0 saturated heterocycles. The maximum absolute atomic E-state index is 12.4. The van der Waals surface area contributed by atoms with Crippen LogP contribution in [0.5, 0.6) is 0 Å². The van der Waals surface area contributed by atoms with Gasteiger partial charge < -0.3 is 9.88 Å². The van der Waals surface area contributed by atoms with Gasteiger partial charge >= 0.3 is 0 Å². The van der Waals surface area contributed by atoms with Crippen LogP contribution < -0.4 is 5.32 Å². The van der Waals surface area contributed by atoms with Crippen LogP contribution in [0.25, 0.3) is 11.3 Å². The van der Waals surface area contributed by atoms with E-state index in [-0.39, 0.29) is 11.7 Å². The van der Waals surface area contributed by atoms with Crippen LogP contribution >= 0.6 is 23.1 Å². The molecule has 0 aliphatic heterocycles. The van der Waals surface area contributed by atoms with E-state index in [0.717, 1.165) is 28.7 Å². The van der Waals surface area contributed by atoms with E-state index < -0.39 is 0 Å². The van der Waals surface area contributed by atoms with Crippen molar-refractivity contribution in [3.8, 4) is 11.3 Å². The maximum atomic E-state index is 12.4. The zero-order chi connectivity index (χ0) is 21.8. The number of carbonyl (C=O) groups is 1. The molecule has 31 heavy (non-hydrogen) atoms. The Labute approximate surface area is 191 Å². The number of aryl methyl sites for hydroxylation is 2. The zero-order valence-electron chi connectivity index (χ0n) is 18.4. The molecule has 4 rings (SSSR count). The van der Waals surface area contributed by atoms with Crippen molar-refractivity contribution in [1.29, 1.82) is 0 Å².